The molecule has 1 aromatic heterocycles. The minimum Gasteiger partial charge on any atom is -0.495 e. The fraction of sp³-hybridized carbons (Fsp3) is 0.500. The van der Waals surface area contributed by atoms with Gasteiger partial charge in [-0.1, -0.05) is 11.8 Å². The number of furan rings is 1. The highest BCUT2D eigenvalue weighted by molar-refractivity contribution is 8.02. The zero-order chi connectivity index (χ0) is 21.2. The van der Waals surface area contributed by atoms with Gasteiger partial charge in [-0.15, -0.1) is 0 Å². The molecule has 4 rings (SSSR count). The highest BCUT2D eigenvalue weighted by atomic mass is 32.2. The smallest absolute Gasteiger partial charge is 0.438 e. The Bertz CT molecular complexity index is 988. The van der Waals surface area contributed by atoms with E-state index in [1.54, 1.807) is 0 Å². The molecule has 2 aliphatic rings. The Morgan fingerprint density at radius 2 is 2.03 bits per heavy atom. The summed E-state index contributed by atoms with van der Waals surface area (Å²) >= 11 is 0.173. The molecule has 158 valence electrons. The lowest BCUT2D eigenvalue weighted by Gasteiger charge is -2.39. The first-order valence-corrected chi connectivity index (χ1v) is 9.49. The lowest BCUT2D eigenvalue weighted by Crippen LogP contribution is -2.51. The third kappa shape index (κ3) is 2.53. The van der Waals surface area contributed by atoms with Crippen molar-refractivity contribution < 1.29 is 46.4 Å². The average Bonchev–Trinajstić information content (AvgIpc) is 3.21. The van der Waals surface area contributed by atoms with Crippen molar-refractivity contribution in [1.29, 1.82) is 0 Å². The van der Waals surface area contributed by atoms with E-state index in [0.29, 0.717) is 5.39 Å². The summed E-state index contributed by atoms with van der Waals surface area (Å²) in [5.41, 5.74) is -2.28. The molecule has 2 aromatic rings. The van der Waals surface area contributed by atoms with E-state index in [2.05, 4.69) is 0 Å². The molecule has 2 aliphatic heterocycles. The van der Waals surface area contributed by atoms with E-state index in [4.69, 9.17) is 23.4 Å². The van der Waals surface area contributed by atoms with Crippen molar-refractivity contribution in [2.24, 2.45) is 0 Å². The number of rotatable bonds is 4. The lowest BCUT2D eigenvalue weighted by molar-refractivity contribution is -0.227. The van der Waals surface area contributed by atoms with E-state index < -0.39 is 34.4 Å². The van der Waals surface area contributed by atoms with Crippen LogP contribution in [0.15, 0.2) is 16.7 Å². The van der Waals surface area contributed by atoms with Crippen LogP contribution in [0.5, 0.6) is 17.2 Å². The molecule has 1 N–H and O–H groups in total. The molecule has 1 fully saturated rings. The maximum absolute atomic E-state index is 14.1. The molecule has 3 unspecified atom stereocenters. The van der Waals surface area contributed by atoms with Gasteiger partial charge in [-0.25, -0.2) is 0 Å². The number of thioether (sulfide) groups is 1. The zero-order valence-corrected chi connectivity index (χ0v) is 16.4. The molecule has 2 bridgehead atoms. The van der Waals surface area contributed by atoms with Crippen molar-refractivity contribution in [1.82, 2.24) is 0 Å². The van der Waals surface area contributed by atoms with Gasteiger partial charge in [0.25, 0.3) is 4.93 Å². The van der Waals surface area contributed by atoms with Gasteiger partial charge in [-0.2, -0.15) is 13.2 Å². The Labute approximate surface area is 167 Å². The summed E-state index contributed by atoms with van der Waals surface area (Å²) in [6, 6.07) is 1.52. The van der Waals surface area contributed by atoms with Gasteiger partial charge in [0.05, 0.1) is 38.0 Å². The number of ether oxygens (including phenoxy) is 4. The van der Waals surface area contributed by atoms with Crippen molar-refractivity contribution in [2.45, 2.75) is 35.3 Å². The third-order valence-corrected chi connectivity index (χ3v) is 6.72. The number of carbonyl (C=O) groups excluding carboxylic acids is 1. The number of benzene rings is 1. The van der Waals surface area contributed by atoms with E-state index in [1.807, 2.05) is 0 Å². The van der Waals surface area contributed by atoms with Crippen LogP contribution >= 0.6 is 11.8 Å². The standard InChI is InChI=1S/C18H17F3O7S/c1-4-26-15(22)14-16(23)7-17(29-14,18(19,20)21)28-12-9(16)10(24-2)8-5-6-27-11(8)13(12)25-3/h5-6,14,23H,4,7H2,1-3H3. The number of alkyl halides is 3. The van der Waals surface area contributed by atoms with Crippen LogP contribution in [0.25, 0.3) is 11.0 Å². The molecule has 0 saturated carbocycles. The summed E-state index contributed by atoms with van der Waals surface area (Å²) in [6.45, 7) is 1.47. The second-order valence-electron chi connectivity index (χ2n) is 6.64. The third-order valence-electron chi connectivity index (χ3n) is 5.06. The molecule has 29 heavy (non-hydrogen) atoms. The van der Waals surface area contributed by atoms with Gasteiger partial charge < -0.3 is 28.5 Å². The predicted octanol–water partition coefficient (Wildman–Crippen LogP) is 3.36. The normalized spacial score (nSPS) is 28.0. The predicted molar refractivity (Wildman–Crippen MR) is 95.3 cm³/mol. The second kappa shape index (κ2) is 6.36. The number of fused-ring (bicyclic) bond motifs is 5. The monoisotopic (exact) mass is 434 g/mol. The van der Waals surface area contributed by atoms with Crippen LogP contribution in [0.1, 0.15) is 18.9 Å². The van der Waals surface area contributed by atoms with E-state index in [9.17, 15) is 23.1 Å². The molecule has 1 saturated heterocycles. The SMILES string of the molecule is CCOC(=O)C1SC2(C(F)(F)F)CC1(O)c1c(c(OC)c3occc3c1OC)O2. The van der Waals surface area contributed by atoms with Gasteiger partial charge in [0.15, 0.2) is 11.3 Å². The molecule has 0 aliphatic carbocycles. The number of hydrogen-bond donors (Lipinski definition) is 1. The second-order valence-corrected chi connectivity index (χ2v) is 8.00. The number of aliphatic hydroxyl groups is 1. The van der Waals surface area contributed by atoms with E-state index in [1.165, 1.54) is 33.5 Å². The Morgan fingerprint density at radius 3 is 2.62 bits per heavy atom. The van der Waals surface area contributed by atoms with E-state index in [-0.39, 0.29) is 46.8 Å². The van der Waals surface area contributed by atoms with Crippen LogP contribution in [-0.2, 0) is 15.1 Å². The van der Waals surface area contributed by atoms with E-state index >= 15 is 0 Å². The first-order chi connectivity index (χ1) is 13.6. The summed E-state index contributed by atoms with van der Waals surface area (Å²) in [5.74, 6) is -1.44. The minimum absolute atomic E-state index is 0.0413. The van der Waals surface area contributed by atoms with Gasteiger partial charge in [0.2, 0.25) is 5.75 Å². The van der Waals surface area contributed by atoms with Gasteiger partial charge in [0.1, 0.15) is 16.6 Å². The molecule has 0 radical (unpaired) electrons. The van der Waals surface area contributed by atoms with Crippen LogP contribution < -0.4 is 14.2 Å². The summed E-state index contributed by atoms with van der Waals surface area (Å²) < 4.78 is 68.7. The Morgan fingerprint density at radius 1 is 1.34 bits per heavy atom. The summed E-state index contributed by atoms with van der Waals surface area (Å²) in [4.78, 5) is 9.65. The lowest BCUT2D eigenvalue weighted by atomic mass is 9.80. The molecule has 0 spiro atoms. The number of hydrogen-bond acceptors (Lipinski definition) is 8. The van der Waals surface area contributed by atoms with Crippen molar-refractivity contribution in [3.05, 3.63) is 17.9 Å². The van der Waals surface area contributed by atoms with Gasteiger partial charge >= 0.3 is 12.1 Å². The van der Waals surface area contributed by atoms with Crippen LogP contribution in [0.4, 0.5) is 13.2 Å². The molecular weight excluding hydrogens is 417 g/mol. The quantitative estimate of drug-likeness (QED) is 0.734. The summed E-state index contributed by atoms with van der Waals surface area (Å²) in [5, 5.41) is 10.3. The van der Waals surface area contributed by atoms with Crippen molar-refractivity contribution in [3.63, 3.8) is 0 Å². The van der Waals surface area contributed by atoms with Gasteiger partial charge in [0, 0.05) is 6.42 Å². The van der Waals surface area contributed by atoms with Crippen molar-refractivity contribution >= 4 is 28.7 Å². The minimum atomic E-state index is -4.90. The first-order valence-electron chi connectivity index (χ1n) is 8.61. The molecule has 3 atom stereocenters. The molecule has 1 aromatic carbocycles. The summed E-state index contributed by atoms with van der Waals surface area (Å²) in [6.07, 6.45) is -4.50. The first kappa shape index (κ1) is 20.0. The fourth-order valence-electron chi connectivity index (χ4n) is 3.91. The molecule has 7 nitrogen and oxygen atoms in total. The number of methoxy groups -OCH3 is 2. The molecule has 3 heterocycles. The molecule has 0 amide bonds. The fourth-order valence-corrected chi connectivity index (χ4v) is 5.42. The maximum atomic E-state index is 14.1. The number of halogens is 3. The highest BCUT2D eigenvalue weighted by Gasteiger charge is 2.75. The Hall–Kier alpha value is -2.27. The van der Waals surface area contributed by atoms with E-state index in [0.717, 1.165) is 0 Å². The Balaban J connectivity index is 2.07. The van der Waals surface area contributed by atoms with Crippen LogP contribution in [0.2, 0.25) is 0 Å². The van der Waals surface area contributed by atoms with Crippen molar-refractivity contribution in [3.8, 4) is 17.2 Å². The highest BCUT2D eigenvalue weighted by Crippen LogP contribution is 2.68. The molecule has 11 heteroatoms. The largest absolute Gasteiger partial charge is 0.495 e. The zero-order valence-electron chi connectivity index (χ0n) is 15.6. The van der Waals surface area contributed by atoms with Crippen LogP contribution in [0, 0.1) is 0 Å². The number of esters is 1. The average molecular weight is 434 g/mol. The summed E-state index contributed by atoms with van der Waals surface area (Å²) in [7, 11) is 2.54. The van der Waals surface area contributed by atoms with Gasteiger partial charge in [-0.3, -0.25) is 4.79 Å². The number of carbonyl (C=O) groups is 1. The van der Waals surface area contributed by atoms with Crippen LogP contribution in [-0.4, -0.2) is 48.3 Å². The van der Waals surface area contributed by atoms with Crippen LogP contribution in [0.3, 0.4) is 0 Å². The van der Waals surface area contributed by atoms with Gasteiger partial charge in [-0.05, 0) is 13.0 Å². The topological polar surface area (TPSA) is 87.4 Å². The Kier molecular flexibility index (Phi) is 4.39. The van der Waals surface area contributed by atoms with Crippen molar-refractivity contribution in [2.75, 3.05) is 20.8 Å². The maximum Gasteiger partial charge on any atom is 0.438 e. The molecular formula is C18H17F3O7S.